The third kappa shape index (κ3) is 4.99. The van der Waals surface area contributed by atoms with Crippen molar-refractivity contribution in [2.45, 2.75) is 11.7 Å². The van der Waals surface area contributed by atoms with E-state index >= 15 is 0 Å². The molecular weight excluding hydrogens is 459 g/mol. The van der Waals surface area contributed by atoms with E-state index in [-0.39, 0.29) is 5.57 Å². The molecule has 0 radical (unpaired) electrons. The zero-order valence-electron chi connectivity index (χ0n) is 16.6. The molecule has 2 atom stereocenters. The van der Waals surface area contributed by atoms with Crippen molar-refractivity contribution in [1.82, 2.24) is 5.32 Å². The quantitative estimate of drug-likeness (QED) is 0.481. The summed E-state index contributed by atoms with van der Waals surface area (Å²) in [5, 5.41) is 14.0. The fourth-order valence-corrected chi connectivity index (χ4v) is 4.89. The van der Waals surface area contributed by atoms with Gasteiger partial charge in [-0.3, -0.25) is 9.59 Å². The number of rotatable bonds is 6. The lowest BCUT2D eigenvalue weighted by atomic mass is 9.78. The fraction of sp³-hybridized carbons (Fsp3) is 0.227. The first-order valence-electron chi connectivity index (χ1n) is 9.13. The van der Waals surface area contributed by atoms with Crippen LogP contribution in [-0.4, -0.2) is 26.1 Å². The van der Waals surface area contributed by atoms with Crippen LogP contribution in [0.1, 0.15) is 17.0 Å². The summed E-state index contributed by atoms with van der Waals surface area (Å²) in [5.41, 5.74) is 1.70. The van der Waals surface area contributed by atoms with Crippen molar-refractivity contribution in [2.24, 2.45) is 5.92 Å². The molecule has 0 unspecified atom stereocenters. The molecule has 1 aliphatic heterocycles. The van der Waals surface area contributed by atoms with Gasteiger partial charge in [-0.2, -0.15) is 5.26 Å². The number of hydrogen-bond donors (Lipinski definition) is 1. The van der Waals surface area contributed by atoms with E-state index in [4.69, 9.17) is 32.7 Å². The van der Waals surface area contributed by atoms with Crippen LogP contribution in [0.15, 0.2) is 53.1 Å². The molecule has 0 aromatic heterocycles. The molecule has 0 fully saturated rings. The number of thioether (sulfide) groups is 1. The summed E-state index contributed by atoms with van der Waals surface area (Å²) in [5.74, 6) is -2.20. The summed E-state index contributed by atoms with van der Waals surface area (Å²) in [4.78, 5) is 25.3. The lowest BCUT2D eigenvalue weighted by Crippen LogP contribution is -2.44. The predicted molar refractivity (Wildman–Crippen MR) is 120 cm³/mol. The van der Waals surface area contributed by atoms with Gasteiger partial charge in [-0.1, -0.05) is 41.4 Å². The monoisotopic (exact) mass is 476 g/mol. The number of ether oxygens (including phenoxy) is 2. The van der Waals surface area contributed by atoms with Crippen molar-refractivity contribution < 1.29 is 19.1 Å². The van der Waals surface area contributed by atoms with Gasteiger partial charge in [0.25, 0.3) is 0 Å². The Kier molecular flexibility index (Phi) is 7.50. The van der Waals surface area contributed by atoms with Gasteiger partial charge in [0.1, 0.15) is 11.7 Å². The van der Waals surface area contributed by atoms with Crippen LogP contribution in [0.4, 0.5) is 0 Å². The minimum absolute atomic E-state index is 0.273. The lowest BCUT2D eigenvalue weighted by Gasteiger charge is -2.31. The van der Waals surface area contributed by atoms with Crippen LogP contribution >= 0.6 is 35.0 Å². The van der Waals surface area contributed by atoms with E-state index in [1.807, 2.05) is 0 Å². The standard InChI is InChI=1S/C22H18Cl2N2O4S/c1-29-15-7-4-12(5-8-15)18-16(10-25)21(26-20(27)19(18)22(28)30-2)31-11-13-3-6-14(23)9-17(13)24/h3-9,18-19H,11H2,1-2H3,(H,26,27)/t18-,19+/m0/s1. The Bertz CT molecular complexity index is 1080. The number of esters is 1. The summed E-state index contributed by atoms with van der Waals surface area (Å²) in [6.45, 7) is 0. The maximum atomic E-state index is 12.9. The summed E-state index contributed by atoms with van der Waals surface area (Å²) in [7, 11) is 2.75. The number of benzene rings is 2. The lowest BCUT2D eigenvalue weighted by molar-refractivity contribution is -0.150. The first-order valence-corrected chi connectivity index (χ1v) is 10.9. The van der Waals surface area contributed by atoms with Gasteiger partial charge in [-0.15, -0.1) is 11.8 Å². The Morgan fingerprint density at radius 1 is 1.19 bits per heavy atom. The number of hydrogen-bond acceptors (Lipinski definition) is 6. The Hall–Kier alpha value is -2.66. The number of nitrogens with zero attached hydrogens (tertiary/aromatic N) is 1. The van der Waals surface area contributed by atoms with Crippen molar-refractivity contribution in [2.75, 3.05) is 14.2 Å². The van der Waals surface area contributed by atoms with E-state index in [2.05, 4.69) is 11.4 Å². The fourth-order valence-electron chi connectivity index (χ4n) is 3.28. The van der Waals surface area contributed by atoms with Gasteiger partial charge >= 0.3 is 5.97 Å². The third-order valence-corrected chi connectivity index (χ3v) is 6.50. The second kappa shape index (κ2) is 10.1. The van der Waals surface area contributed by atoms with E-state index in [0.717, 1.165) is 5.56 Å². The summed E-state index contributed by atoms with van der Waals surface area (Å²) in [6.07, 6.45) is 0. The summed E-state index contributed by atoms with van der Waals surface area (Å²) in [6, 6.07) is 14.2. The first-order chi connectivity index (χ1) is 14.9. The molecule has 9 heteroatoms. The molecule has 0 aliphatic carbocycles. The first kappa shape index (κ1) is 23.0. The Balaban J connectivity index is 2.02. The van der Waals surface area contributed by atoms with Crippen LogP contribution < -0.4 is 10.1 Å². The van der Waals surface area contributed by atoms with E-state index in [0.29, 0.717) is 32.1 Å². The van der Waals surface area contributed by atoms with Crippen LogP contribution in [0.5, 0.6) is 5.75 Å². The number of allylic oxidation sites excluding steroid dienone is 1. The van der Waals surface area contributed by atoms with Crippen LogP contribution in [-0.2, 0) is 20.1 Å². The van der Waals surface area contributed by atoms with Gasteiger partial charge in [-0.05, 0) is 35.4 Å². The van der Waals surface area contributed by atoms with E-state index in [1.165, 1.54) is 26.0 Å². The van der Waals surface area contributed by atoms with E-state index < -0.39 is 23.7 Å². The normalized spacial score (nSPS) is 18.2. The highest BCUT2D eigenvalue weighted by Gasteiger charge is 2.44. The average molecular weight is 477 g/mol. The molecule has 1 N–H and O–H groups in total. The number of methoxy groups -OCH3 is 2. The number of carbonyl (C=O) groups is 2. The zero-order valence-corrected chi connectivity index (χ0v) is 19.0. The second-order valence-electron chi connectivity index (χ2n) is 6.62. The van der Waals surface area contributed by atoms with Crippen molar-refractivity contribution in [3.63, 3.8) is 0 Å². The highest BCUT2D eigenvalue weighted by molar-refractivity contribution is 8.02. The largest absolute Gasteiger partial charge is 0.497 e. The number of carbonyl (C=O) groups excluding carboxylic acids is 2. The zero-order chi connectivity index (χ0) is 22.5. The smallest absolute Gasteiger partial charge is 0.319 e. The molecule has 1 heterocycles. The minimum Gasteiger partial charge on any atom is -0.497 e. The molecule has 1 aliphatic rings. The van der Waals surface area contributed by atoms with E-state index in [9.17, 15) is 14.9 Å². The van der Waals surface area contributed by atoms with Gasteiger partial charge in [0, 0.05) is 21.7 Å². The van der Waals surface area contributed by atoms with Crippen LogP contribution in [0, 0.1) is 17.2 Å². The van der Waals surface area contributed by atoms with Crippen LogP contribution in [0.3, 0.4) is 0 Å². The van der Waals surface area contributed by atoms with Crippen LogP contribution in [0.2, 0.25) is 10.0 Å². The van der Waals surface area contributed by atoms with Crippen LogP contribution in [0.25, 0.3) is 0 Å². The number of nitrogens with one attached hydrogen (secondary N) is 1. The van der Waals surface area contributed by atoms with E-state index in [1.54, 1.807) is 42.5 Å². The number of nitriles is 1. The van der Waals surface area contributed by atoms with Gasteiger partial charge < -0.3 is 14.8 Å². The van der Waals surface area contributed by atoms with Gasteiger partial charge in [-0.25, -0.2) is 0 Å². The second-order valence-corrected chi connectivity index (χ2v) is 8.45. The third-order valence-electron chi connectivity index (χ3n) is 4.85. The van der Waals surface area contributed by atoms with Crippen molar-refractivity contribution in [3.8, 4) is 11.8 Å². The molecule has 3 rings (SSSR count). The number of amides is 1. The van der Waals surface area contributed by atoms with Gasteiger partial charge in [0.05, 0.1) is 30.9 Å². The Morgan fingerprint density at radius 3 is 2.48 bits per heavy atom. The summed E-state index contributed by atoms with van der Waals surface area (Å²) < 4.78 is 10.0. The molecule has 1 amide bonds. The van der Waals surface area contributed by atoms with Crippen molar-refractivity contribution in [3.05, 3.63) is 74.2 Å². The maximum absolute atomic E-state index is 12.9. The minimum atomic E-state index is -1.18. The molecule has 2 aromatic rings. The predicted octanol–water partition coefficient (Wildman–Crippen LogP) is 4.67. The molecule has 2 aromatic carbocycles. The van der Waals surface area contributed by atoms with Crippen molar-refractivity contribution in [1.29, 1.82) is 5.26 Å². The molecule has 0 bridgehead atoms. The van der Waals surface area contributed by atoms with Gasteiger partial charge in [0.15, 0.2) is 0 Å². The van der Waals surface area contributed by atoms with Crippen molar-refractivity contribution >= 4 is 46.8 Å². The molecule has 6 nitrogen and oxygen atoms in total. The topological polar surface area (TPSA) is 88.4 Å². The molecule has 0 saturated carbocycles. The van der Waals surface area contributed by atoms with Gasteiger partial charge in [0.2, 0.25) is 5.91 Å². The Labute approximate surface area is 194 Å². The average Bonchev–Trinajstić information content (AvgIpc) is 2.77. The molecule has 31 heavy (non-hydrogen) atoms. The highest BCUT2D eigenvalue weighted by Crippen LogP contribution is 2.41. The SMILES string of the molecule is COC(=O)[C@H]1C(=O)NC(SCc2ccc(Cl)cc2Cl)=C(C#N)[C@@H]1c1ccc(OC)cc1. The molecule has 160 valence electrons. The summed E-state index contributed by atoms with van der Waals surface area (Å²) >= 11 is 13.4. The Morgan fingerprint density at radius 2 is 1.90 bits per heavy atom. The number of halogens is 2. The maximum Gasteiger partial charge on any atom is 0.319 e. The molecule has 0 saturated heterocycles. The highest BCUT2D eigenvalue weighted by atomic mass is 35.5. The molecular formula is C22H18Cl2N2O4S. The molecule has 0 spiro atoms.